The number of ether oxygens (including phenoxy) is 1. The maximum absolute atomic E-state index is 12.0. The van der Waals surface area contributed by atoms with E-state index in [-0.39, 0.29) is 0 Å². The first-order valence-electron chi connectivity index (χ1n) is 4.39. The van der Waals surface area contributed by atoms with Crippen molar-refractivity contribution in [1.82, 2.24) is 0 Å². The monoisotopic (exact) mass is 213 g/mol. The minimum atomic E-state index is -2.24. The lowest BCUT2D eigenvalue weighted by atomic mass is 10.4. The Morgan fingerprint density at radius 3 is 2.57 bits per heavy atom. The summed E-state index contributed by atoms with van der Waals surface area (Å²) in [4.78, 5) is 0.774. The maximum atomic E-state index is 12.0. The van der Waals surface area contributed by atoms with Gasteiger partial charge in [-0.15, -0.1) is 0 Å². The SMILES string of the molecule is COCCN=S(C)(=O)c1ccccc1. The first-order valence-corrected chi connectivity index (χ1v) is 6.31. The molecule has 0 fully saturated rings. The van der Waals surface area contributed by atoms with E-state index in [0.29, 0.717) is 13.2 Å². The Kier molecular flexibility index (Phi) is 4.10. The van der Waals surface area contributed by atoms with Gasteiger partial charge in [0.2, 0.25) is 0 Å². The van der Waals surface area contributed by atoms with Gasteiger partial charge in [-0.25, -0.2) is 8.57 Å². The largest absolute Gasteiger partial charge is 0.383 e. The molecule has 0 saturated heterocycles. The highest BCUT2D eigenvalue weighted by Crippen LogP contribution is 2.09. The maximum Gasteiger partial charge on any atom is 0.0723 e. The minimum Gasteiger partial charge on any atom is -0.383 e. The zero-order chi connectivity index (χ0) is 10.4. The van der Waals surface area contributed by atoms with Gasteiger partial charge in [0.1, 0.15) is 0 Å². The van der Waals surface area contributed by atoms with Crippen molar-refractivity contribution in [2.75, 3.05) is 26.5 Å². The Morgan fingerprint density at radius 2 is 2.00 bits per heavy atom. The van der Waals surface area contributed by atoms with Gasteiger partial charge in [0.05, 0.1) is 22.9 Å². The number of hydrogen-bond donors (Lipinski definition) is 0. The first-order chi connectivity index (χ1) is 6.67. The number of rotatable bonds is 4. The standard InChI is InChI=1S/C10H15NO2S/c1-13-9-8-11-14(2,12)10-6-4-3-5-7-10/h3-7H,8-9H2,1-2H3. The van der Waals surface area contributed by atoms with E-state index in [9.17, 15) is 4.21 Å². The summed E-state index contributed by atoms with van der Waals surface area (Å²) in [5.41, 5.74) is 0. The van der Waals surface area contributed by atoms with Crippen molar-refractivity contribution in [3.8, 4) is 0 Å². The number of hydrogen-bond acceptors (Lipinski definition) is 3. The van der Waals surface area contributed by atoms with Gasteiger partial charge in [-0.3, -0.25) is 0 Å². The number of benzene rings is 1. The van der Waals surface area contributed by atoms with Crippen molar-refractivity contribution in [1.29, 1.82) is 0 Å². The van der Waals surface area contributed by atoms with Gasteiger partial charge in [0.15, 0.2) is 0 Å². The Hall–Kier alpha value is -0.870. The second kappa shape index (κ2) is 5.12. The van der Waals surface area contributed by atoms with E-state index in [2.05, 4.69) is 4.36 Å². The van der Waals surface area contributed by atoms with Crippen molar-refractivity contribution in [3.63, 3.8) is 0 Å². The summed E-state index contributed by atoms with van der Waals surface area (Å²) in [6.45, 7) is 0.985. The lowest BCUT2D eigenvalue weighted by molar-refractivity contribution is 0.208. The lowest BCUT2D eigenvalue weighted by Gasteiger charge is -2.03. The molecule has 0 aliphatic carbocycles. The molecule has 0 amide bonds. The third kappa shape index (κ3) is 3.12. The summed E-state index contributed by atoms with van der Waals surface area (Å²) in [5.74, 6) is 0. The molecule has 1 atom stereocenters. The van der Waals surface area contributed by atoms with Crippen LogP contribution in [0.1, 0.15) is 0 Å². The van der Waals surface area contributed by atoms with Gasteiger partial charge in [-0.05, 0) is 12.1 Å². The molecule has 4 heteroatoms. The molecule has 0 heterocycles. The fourth-order valence-electron chi connectivity index (χ4n) is 1.05. The zero-order valence-corrected chi connectivity index (χ0v) is 9.29. The molecular formula is C10H15NO2S. The van der Waals surface area contributed by atoms with Gasteiger partial charge in [-0.1, -0.05) is 18.2 Å². The minimum absolute atomic E-state index is 0.473. The van der Waals surface area contributed by atoms with Crippen LogP contribution < -0.4 is 0 Å². The highest BCUT2D eigenvalue weighted by atomic mass is 32.2. The fraction of sp³-hybridized carbons (Fsp3) is 0.400. The predicted octanol–water partition coefficient (Wildman–Crippen LogP) is 1.79. The third-order valence-electron chi connectivity index (χ3n) is 1.81. The highest BCUT2D eigenvalue weighted by molar-refractivity contribution is 7.93. The van der Waals surface area contributed by atoms with E-state index < -0.39 is 9.73 Å². The van der Waals surface area contributed by atoms with E-state index in [1.807, 2.05) is 30.3 Å². The van der Waals surface area contributed by atoms with Crippen LogP contribution in [0.3, 0.4) is 0 Å². The topological polar surface area (TPSA) is 38.7 Å². The van der Waals surface area contributed by atoms with E-state index in [1.165, 1.54) is 0 Å². The van der Waals surface area contributed by atoms with Crippen molar-refractivity contribution >= 4 is 9.73 Å². The van der Waals surface area contributed by atoms with Crippen LogP contribution in [0.2, 0.25) is 0 Å². The van der Waals surface area contributed by atoms with Crippen molar-refractivity contribution in [2.24, 2.45) is 4.36 Å². The average Bonchev–Trinajstić information content (AvgIpc) is 2.19. The van der Waals surface area contributed by atoms with Gasteiger partial charge in [0, 0.05) is 18.3 Å². The van der Waals surface area contributed by atoms with Gasteiger partial charge >= 0.3 is 0 Å². The molecule has 1 rings (SSSR count). The Balaban J connectivity index is 2.86. The normalized spacial score (nSPS) is 14.7. The molecule has 0 bridgehead atoms. The molecule has 0 aromatic heterocycles. The molecule has 0 aliphatic rings. The van der Waals surface area contributed by atoms with E-state index in [1.54, 1.807) is 13.4 Å². The molecule has 1 aromatic carbocycles. The highest BCUT2D eigenvalue weighted by Gasteiger charge is 2.03. The molecular weight excluding hydrogens is 198 g/mol. The van der Waals surface area contributed by atoms with Gasteiger partial charge < -0.3 is 4.74 Å². The summed E-state index contributed by atoms with van der Waals surface area (Å²) in [5, 5.41) is 0. The van der Waals surface area contributed by atoms with Crippen molar-refractivity contribution in [2.45, 2.75) is 4.90 Å². The number of nitrogens with zero attached hydrogens (tertiary/aromatic N) is 1. The van der Waals surface area contributed by atoms with Crippen molar-refractivity contribution < 1.29 is 8.95 Å². The summed E-state index contributed by atoms with van der Waals surface area (Å²) in [7, 11) is -0.631. The first kappa shape index (κ1) is 11.2. The fourth-order valence-corrected chi connectivity index (χ4v) is 2.28. The molecule has 0 spiro atoms. The van der Waals surface area contributed by atoms with Crippen LogP contribution >= 0.6 is 0 Å². The van der Waals surface area contributed by atoms with Crippen LogP contribution in [0.4, 0.5) is 0 Å². The Bertz CT molecular complexity index is 380. The summed E-state index contributed by atoms with van der Waals surface area (Å²) >= 11 is 0. The third-order valence-corrected chi connectivity index (χ3v) is 3.64. The molecule has 1 unspecified atom stereocenters. The van der Waals surface area contributed by atoms with Crippen LogP contribution in [-0.4, -0.2) is 30.7 Å². The van der Waals surface area contributed by atoms with Crippen LogP contribution in [0.15, 0.2) is 39.6 Å². The molecule has 0 saturated carbocycles. The quantitative estimate of drug-likeness (QED) is 0.715. The molecule has 78 valence electrons. The molecule has 0 N–H and O–H groups in total. The van der Waals surface area contributed by atoms with Gasteiger partial charge in [-0.2, -0.15) is 0 Å². The smallest absolute Gasteiger partial charge is 0.0723 e. The molecule has 0 aliphatic heterocycles. The van der Waals surface area contributed by atoms with Crippen LogP contribution in [0, 0.1) is 0 Å². The van der Waals surface area contributed by atoms with Crippen molar-refractivity contribution in [3.05, 3.63) is 30.3 Å². The summed E-state index contributed by atoms with van der Waals surface area (Å²) < 4.78 is 21.0. The van der Waals surface area contributed by atoms with E-state index >= 15 is 0 Å². The molecule has 3 nitrogen and oxygen atoms in total. The average molecular weight is 213 g/mol. The van der Waals surface area contributed by atoms with Crippen LogP contribution in [-0.2, 0) is 14.5 Å². The predicted molar refractivity (Wildman–Crippen MR) is 57.9 cm³/mol. The molecule has 14 heavy (non-hydrogen) atoms. The molecule has 1 aromatic rings. The lowest BCUT2D eigenvalue weighted by Crippen LogP contribution is -2.01. The van der Waals surface area contributed by atoms with Gasteiger partial charge in [0.25, 0.3) is 0 Å². The summed E-state index contributed by atoms with van der Waals surface area (Å²) in [6.07, 6.45) is 1.65. The molecule has 0 radical (unpaired) electrons. The second-order valence-corrected chi connectivity index (χ2v) is 5.30. The Labute approximate surface area is 85.3 Å². The zero-order valence-electron chi connectivity index (χ0n) is 8.47. The Morgan fingerprint density at radius 1 is 1.36 bits per heavy atom. The van der Waals surface area contributed by atoms with E-state index in [0.717, 1.165) is 4.90 Å². The van der Waals surface area contributed by atoms with E-state index in [4.69, 9.17) is 4.74 Å². The second-order valence-electron chi connectivity index (χ2n) is 2.96. The van der Waals surface area contributed by atoms with Crippen LogP contribution in [0.5, 0.6) is 0 Å². The van der Waals surface area contributed by atoms with Crippen LogP contribution in [0.25, 0.3) is 0 Å². The summed E-state index contributed by atoms with van der Waals surface area (Å²) in [6, 6.07) is 9.29. The number of methoxy groups -OCH3 is 1.